The van der Waals surface area contributed by atoms with Gasteiger partial charge in [0.1, 0.15) is 11.3 Å². The molecule has 0 aliphatic carbocycles. The summed E-state index contributed by atoms with van der Waals surface area (Å²) in [7, 11) is 1.53. The minimum atomic E-state index is -1.07. The lowest BCUT2D eigenvalue weighted by Crippen LogP contribution is -2.01. The molecule has 4 N–H and O–H groups in total. The number of H-pyrrole nitrogens is 1. The Labute approximate surface area is 97.8 Å². The summed E-state index contributed by atoms with van der Waals surface area (Å²) in [5.74, 6) is -0.471. The highest BCUT2D eigenvalue weighted by Crippen LogP contribution is 2.33. The van der Waals surface area contributed by atoms with Gasteiger partial charge >= 0.3 is 5.97 Å². The normalized spacial score (nSPS) is 10.2. The first-order valence-corrected chi connectivity index (χ1v) is 4.98. The van der Waals surface area contributed by atoms with Gasteiger partial charge in [0, 0.05) is 11.8 Å². The van der Waals surface area contributed by atoms with Crippen molar-refractivity contribution in [1.29, 1.82) is 0 Å². The number of aromatic nitrogens is 1. The van der Waals surface area contributed by atoms with Gasteiger partial charge in [0.05, 0.1) is 18.5 Å². The van der Waals surface area contributed by atoms with Crippen molar-refractivity contribution in [3.8, 4) is 17.0 Å². The number of para-hydroxylation sites is 1. The average Bonchev–Trinajstić information content (AvgIpc) is 2.71. The maximum absolute atomic E-state index is 11.1. The van der Waals surface area contributed by atoms with Crippen molar-refractivity contribution in [1.82, 2.24) is 4.98 Å². The number of aromatic carboxylic acids is 1. The van der Waals surface area contributed by atoms with E-state index in [1.165, 1.54) is 13.3 Å². The van der Waals surface area contributed by atoms with Crippen molar-refractivity contribution in [3.63, 3.8) is 0 Å². The number of nitrogens with one attached hydrogen (secondary N) is 1. The minimum absolute atomic E-state index is 0.0644. The van der Waals surface area contributed by atoms with Crippen LogP contribution in [0.2, 0.25) is 0 Å². The highest BCUT2D eigenvalue weighted by atomic mass is 16.5. The zero-order valence-corrected chi connectivity index (χ0v) is 9.23. The summed E-state index contributed by atoms with van der Waals surface area (Å²) in [6, 6.07) is 7.16. The summed E-state index contributed by atoms with van der Waals surface area (Å²) in [6.07, 6.45) is 1.46. The molecule has 0 fully saturated rings. The van der Waals surface area contributed by atoms with Crippen molar-refractivity contribution in [2.24, 2.45) is 0 Å². The molecule has 0 aliphatic rings. The van der Waals surface area contributed by atoms with E-state index >= 15 is 0 Å². The molecule has 1 heterocycles. The van der Waals surface area contributed by atoms with Crippen molar-refractivity contribution in [3.05, 3.63) is 36.0 Å². The SMILES string of the molecule is COc1ccccc1-c1[nH]cc(N)c1C(=O)O. The molecule has 2 aromatic rings. The Morgan fingerprint density at radius 3 is 2.76 bits per heavy atom. The molecule has 0 unspecified atom stereocenters. The van der Waals surface area contributed by atoms with Crippen LogP contribution in [0, 0.1) is 0 Å². The maximum Gasteiger partial charge on any atom is 0.340 e. The Morgan fingerprint density at radius 1 is 1.41 bits per heavy atom. The van der Waals surface area contributed by atoms with Crippen molar-refractivity contribution >= 4 is 11.7 Å². The van der Waals surface area contributed by atoms with E-state index in [0.29, 0.717) is 17.0 Å². The van der Waals surface area contributed by atoms with E-state index in [2.05, 4.69) is 4.98 Å². The number of carbonyl (C=O) groups is 1. The molecule has 1 aromatic heterocycles. The third-order valence-corrected chi connectivity index (χ3v) is 2.50. The summed E-state index contributed by atoms with van der Waals surface area (Å²) in [5.41, 5.74) is 7.01. The Kier molecular flexibility index (Phi) is 2.74. The number of hydrogen-bond donors (Lipinski definition) is 3. The number of benzene rings is 1. The molecule has 88 valence electrons. The number of rotatable bonds is 3. The van der Waals surface area contributed by atoms with Crippen LogP contribution in [-0.4, -0.2) is 23.2 Å². The summed E-state index contributed by atoms with van der Waals surface area (Å²) in [6.45, 7) is 0. The largest absolute Gasteiger partial charge is 0.496 e. The number of anilines is 1. The van der Waals surface area contributed by atoms with Crippen LogP contribution in [0.3, 0.4) is 0 Å². The van der Waals surface area contributed by atoms with Crippen molar-refractivity contribution in [2.45, 2.75) is 0 Å². The molecule has 0 atom stereocenters. The molecule has 0 aliphatic heterocycles. The molecule has 0 saturated heterocycles. The van der Waals surface area contributed by atoms with Crippen LogP contribution in [-0.2, 0) is 0 Å². The topological polar surface area (TPSA) is 88.3 Å². The van der Waals surface area contributed by atoms with Crippen LogP contribution in [0.4, 0.5) is 5.69 Å². The van der Waals surface area contributed by atoms with Gasteiger partial charge in [-0.2, -0.15) is 0 Å². The summed E-state index contributed by atoms with van der Waals surface area (Å²) in [4.78, 5) is 14.0. The molecule has 0 radical (unpaired) electrons. The molecule has 1 aromatic carbocycles. The summed E-state index contributed by atoms with van der Waals surface area (Å²) < 4.78 is 5.19. The van der Waals surface area contributed by atoms with E-state index in [9.17, 15) is 4.79 Å². The number of carboxylic acids is 1. The van der Waals surface area contributed by atoms with E-state index < -0.39 is 5.97 Å². The highest BCUT2D eigenvalue weighted by molar-refractivity contribution is 6.01. The smallest absolute Gasteiger partial charge is 0.340 e. The van der Waals surface area contributed by atoms with Crippen LogP contribution >= 0.6 is 0 Å². The summed E-state index contributed by atoms with van der Waals surface area (Å²) in [5, 5.41) is 9.12. The number of nitrogens with two attached hydrogens (primary N) is 1. The lowest BCUT2D eigenvalue weighted by molar-refractivity contribution is 0.0699. The fourth-order valence-electron chi connectivity index (χ4n) is 1.73. The third-order valence-electron chi connectivity index (χ3n) is 2.50. The van der Waals surface area contributed by atoms with Gasteiger partial charge in [-0.15, -0.1) is 0 Å². The van der Waals surface area contributed by atoms with Gasteiger partial charge in [0.2, 0.25) is 0 Å². The molecule has 0 saturated carbocycles. The van der Waals surface area contributed by atoms with Crippen LogP contribution < -0.4 is 10.5 Å². The standard InChI is InChI=1S/C12H12N2O3/c1-17-9-5-3-2-4-7(9)11-10(12(15)16)8(13)6-14-11/h2-6,14H,13H2,1H3,(H,15,16). The molecule has 5 nitrogen and oxygen atoms in total. The third kappa shape index (κ3) is 1.82. The summed E-state index contributed by atoms with van der Waals surface area (Å²) >= 11 is 0. The van der Waals surface area contributed by atoms with Crippen LogP contribution in [0.25, 0.3) is 11.3 Å². The highest BCUT2D eigenvalue weighted by Gasteiger charge is 2.19. The zero-order valence-electron chi connectivity index (χ0n) is 9.23. The fourth-order valence-corrected chi connectivity index (χ4v) is 1.73. The van der Waals surface area contributed by atoms with Crippen LogP contribution in [0.5, 0.6) is 5.75 Å². The number of ether oxygens (including phenoxy) is 1. The van der Waals surface area contributed by atoms with Crippen molar-refractivity contribution in [2.75, 3.05) is 12.8 Å². The minimum Gasteiger partial charge on any atom is -0.496 e. The van der Waals surface area contributed by atoms with E-state index in [4.69, 9.17) is 15.6 Å². The molecular weight excluding hydrogens is 220 g/mol. The monoisotopic (exact) mass is 232 g/mol. The number of carboxylic acid groups (broad SMARTS) is 1. The Balaban J connectivity index is 2.65. The quantitative estimate of drug-likeness (QED) is 0.754. The van der Waals surface area contributed by atoms with Gasteiger partial charge in [-0.3, -0.25) is 0 Å². The lowest BCUT2D eigenvalue weighted by atomic mass is 10.1. The van der Waals surface area contributed by atoms with Gasteiger partial charge in [-0.25, -0.2) is 4.79 Å². The number of nitrogen functional groups attached to an aromatic ring is 1. The van der Waals surface area contributed by atoms with E-state index in [0.717, 1.165) is 0 Å². The first-order valence-electron chi connectivity index (χ1n) is 4.98. The zero-order chi connectivity index (χ0) is 12.4. The van der Waals surface area contributed by atoms with Crippen LogP contribution in [0.15, 0.2) is 30.5 Å². The predicted octanol–water partition coefficient (Wildman–Crippen LogP) is 1.97. The first-order chi connectivity index (χ1) is 8.15. The van der Waals surface area contributed by atoms with Gasteiger partial charge in [-0.05, 0) is 12.1 Å². The molecule has 0 bridgehead atoms. The Morgan fingerprint density at radius 2 is 2.12 bits per heavy atom. The maximum atomic E-state index is 11.1. The van der Waals surface area contributed by atoms with Gasteiger partial charge < -0.3 is 20.6 Å². The van der Waals surface area contributed by atoms with Crippen LogP contribution in [0.1, 0.15) is 10.4 Å². The molecule has 17 heavy (non-hydrogen) atoms. The van der Waals surface area contributed by atoms with Gasteiger partial charge in [0.25, 0.3) is 0 Å². The Bertz CT molecular complexity index is 561. The predicted molar refractivity (Wildman–Crippen MR) is 64.2 cm³/mol. The fraction of sp³-hybridized carbons (Fsp3) is 0.0833. The average molecular weight is 232 g/mol. The first kappa shape index (κ1) is 11.1. The Hall–Kier alpha value is -2.43. The number of hydrogen-bond acceptors (Lipinski definition) is 3. The van der Waals surface area contributed by atoms with E-state index in [1.54, 1.807) is 18.2 Å². The van der Waals surface area contributed by atoms with Crippen molar-refractivity contribution < 1.29 is 14.6 Å². The van der Waals surface area contributed by atoms with Gasteiger partial charge in [0.15, 0.2) is 0 Å². The van der Waals surface area contributed by atoms with E-state index in [1.807, 2.05) is 6.07 Å². The van der Waals surface area contributed by atoms with Gasteiger partial charge in [-0.1, -0.05) is 12.1 Å². The molecule has 2 rings (SSSR count). The molecule has 0 amide bonds. The second-order valence-corrected chi connectivity index (χ2v) is 3.50. The lowest BCUT2D eigenvalue weighted by Gasteiger charge is -2.07. The molecule has 5 heteroatoms. The molecular formula is C12H12N2O3. The second kappa shape index (κ2) is 4.21. The number of methoxy groups -OCH3 is 1. The van der Waals surface area contributed by atoms with E-state index in [-0.39, 0.29) is 11.3 Å². The molecule has 0 spiro atoms. The number of aromatic amines is 1. The second-order valence-electron chi connectivity index (χ2n) is 3.50.